The number of carbonyl (C=O) groups is 1. The molecule has 8 heteroatoms. The second-order valence-electron chi connectivity index (χ2n) is 6.42. The van der Waals surface area contributed by atoms with E-state index in [2.05, 4.69) is 5.16 Å². The summed E-state index contributed by atoms with van der Waals surface area (Å²) in [4.78, 5) is 14.0. The fourth-order valence-corrected chi connectivity index (χ4v) is 5.83. The summed E-state index contributed by atoms with van der Waals surface area (Å²) in [5.41, 5.74) is 1.02. The second-order valence-corrected chi connectivity index (χ2v) is 9.14. The molecule has 26 heavy (non-hydrogen) atoms. The first kappa shape index (κ1) is 19.1. The number of carbonyl (C=O) groups excluding carboxylic acids is 1. The van der Waals surface area contributed by atoms with Crippen LogP contribution in [0.15, 0.2) is 38.6 Å². The Morgan fingerprint density at radius 1 is 1.31 bits per heavy atom. The predicted octanol–water partition coefficient (Wildman–Crippen LogP) is 3.30. The zero-order valence-corrected chi connectivity index (χ0v) is 16.7. The number of aryl methyl sites for hydroxylation is 2. The van der Waals surface area contributed by atoms with Gasteiger partial charge in [0.15, 0.2) is 11.5 Å². The van der Waals surface area contributed by atoms with Crippen LogP contribution >= 0.6 is 11.8 Å². The lowest BCUT2D eigenvalue weighted by atomic mass is 9.91. The van der Waals surface area contributed by atoms with Gasteiger partial charge in [0.1, 0.15) is 10.6 Å². The van der Waals surface area contributed by atoms with Crippen molar-refractivity contribution in [1.29, 1.82) is 0 Å². The molecule has 0 aliphatic carbocycles. The molecule has 140 valence electrons. The van der Waals surface area contributed by atoms with Crippen molar-refractivity contribution in [1.82, 2.24) is 9.46 Å². The van der Waals surface area contributed by atoms with Gasteiger partial charge in [-0.1, -0.05) is 23.4 Å². The Kier molecular flexibility index (Phi) is 5.55. The highest BCUT2D eigenvalue weighted by molar-refractivity contribution is 7.98. The van der Waals surface area contributed by atoms with Crippen LogP contribution in [-0.2, 0) is 10.0 Å². The van der Waals surface area contributed by atoms with Gasteiger partial charge in [-0.3, -0.25) is 4.79 Å². The van der Waals surface area contributed by atoms with Crippen LogP contribution in [0.5, 0.6) is 0 Å². The monoisotopic (exact) mass is 394 g/mol. The molecule has 0 saturated carbocycles. The van der Waals surface area contributed by atoms with Gasteiger partial charge in [0.05, 0.1) is 0 Å². The van der Waals surface area contributed by atoms with Crippen molar-refractivity contribution in [3.05, 3.63) is 41.3 Å². The van der Waals surface area contributed by atoms with Crippen molar-refractivity contribution in [2.24, 2.45) is 5.92 Å². The molecule has 1 aliphatic heterocycles. The van der Waals surface area contributed by atoms with Gasteiger partial charge < -0.3 is 4.52 Å². The van der Waals surface area contributed by atoms with Gasteiger partial charge in [0.25, 0.3) is 0 Å². The first-order valence-electron chi connectivity index (χ1n) is 8.46. The first-order chi connectivity index (χ1) is 12.4. The molecule has 1 saturated heterocycles. The van der Waals surface area contributed by atoms with Crippen LogP contribution in [0.25, 0.3) is 0 Å². The quantitative estimate of drug-likeness (QED) is 0.572. The third-order valence-corrected chi connectivity index (χ3v) is 7.60. The SMILES string of the molecule is CSc1ccccc1C(=O)[C@@H]1CCCN(S(=O)(=O)c2c(C)noc2C)C1. The minimum absolute atomic E-state index is 0.00797. The van der Waals surface area contributed by atoms with E-state index in [4.69, 9.17) is 4.52 Å². The zero-order chi connectivity index (χ0) is 18.9. The van der Waals surface area contributed by atoms with Crippen molar-refractivity contribution >= 4 is 27.6 Å². The van der Waals surface area contributed by atoms with E-state index in [0.717, 1.165) is 4.90 Å². The van der Waals surface area contributed by atoms with Crippen molar-refractivity contribution in [3.8, 4) is 0 Å². The molecule has 1 fully saturated rings. The van der Waals surface area contributed by atoms with Gasteiger partial charge in [0, 0.05) is 29.5 Å². The molecule has 0 N–H and O–H groups in total. The van der Waals surface area contributed by atoms with Crippen LogP contribution < -0.4 is 0 Å². The summed E-state index contributed by atoms with van der Waals surface area (Å²) in [6.45, 7) is 3.80. The van der Waals surface area contributed by atoms with E-state index >= 15 is 0 Å². The van der Waals surface area contributed by atoms with Crippen LogP contribution in [-0.4, -0.2) is 43.0 Å². The Morgan fingerprint density at radius 2 is 2.04 bits per heavy atom. The standard InChI is InChI=1S/C18H22N2O4S2/c1-12-18(13(2)24-19-12)26(22,23)20-10-6-7-14(11-20)17(21)15-8-4-5-9-16(15)25-3/h4-5,8-9,14H,6-7,10-11H2,1-3H3/t14-/m1/s1. The molecule has 2 heterocycles. The normalized spacial score (nSPS) is 18.8. The molecule has 1 aromatic carbocycles. The molecule has 0 unspecified atom stereocenters. The van der Waals surface area contributed by atoms with E-state index in [0.29, 0.717) is 30.6 Å². The fraction of sp³-hybridized carbons (Fsp3) is 0.444. The maximum atomic E-state index is 13.0. The fourth-order valence-electron chi connectivity index (χ4n) is 3.41. The Bertz CT molecular complexity index is 902. The molecule has 0 bridgehead atoms. The number of hydrogen-bond donors (Lipinski definition) is 0. The lowest BCUT2D eigenvalue weighted by molar-refractivity contribution is 0.0869. The Balaban J connectivity index is 1.87. The molecule has 1 aromatic heterocycles. The van der Waals surface area contributed by atoms with E-state index in [-0.39, 0.29) is 28.9 Å². The number of hydrogen-bond acceptors (Lipinski definition) is 6. The van der Waals surface area contributed by atoms with Crippen molar-refractivity contribution < 1.29 is 17.7 Å². The van der Waals surface area contributed by atoms with Crippen molar-refractivity contribution in [2.75, 3.05) is 19.3 Å². The number of rotatable bonds is 5. The van der Waals surface area contributed by atoms with E-state index < -0.39 is 10.0 Å². The van der Waals surface area contributed by atoms with Gasteiger partial charge >= 0.3 is 0 Å². The average Bonchev–Trinajstić information content (AvgIpc) is 3.00. The van der Waals surface area contributed by atoms with Crippen molar-refractivity contribution in [2.45, 2.75) is 36.5 Å². The summed E-state index contributed by atoms with van der Waals surface area (Å²) >= 11 is 1.52. The first-order valence-corrected chi connectivity index (χ1v) is 11.1. The summed E-state index contributed by atoms with van der Waals surface area (Å²) in [6, 6.07) is 7.47. The predicted molar refractivity (Wildman–Crippen MR) is 100 cm³/mol. The molecular weight excluding hydrogens is 372 g/mol. The highest BCUT2D eigenvalue weighted by Gasteiger charge is 2.36. The average molecular weight is 395 g/mol. The molecule has 2 aromatic rings. The van der Waals surface area contributed by atoms with Crippen LogP contribution in [0.1, 0.15) is 34.7 Å². The summed E-state index contributed by atoms with van der Waals surface area (Å²) < 4.78 is 32.5. The minimum Gasteiger partial charge on any atom is -0.360 e. The summed E-state index contributed by atoms with van der Waals surface area (Å²) in [5.74, 6) is -0.0513. The Labute approximate surface area is 158 Å². The third kappa shape index (κ3) is 3.45. The number of ketones is 1. The van der Waals surface area contributed by atoms with E-state index in [1.54, 1.807) is 13.8 Å². The molecule has 6 nitrogen and oxygen atoms in total. The highest BCUT2D eigenvalue weighted by Crippen LogP contribution is 2.30. The number of aromatic nitrogens is 1. The maximum Gasteiger partial charge on any atom is 0.248 e. The second kappa shape index (κ2) is 7.54. The summed E-state index contributed by atoms with van der Waals surface area (Å²) in [7, 11) is -3.72. The lowest BCUT2D eigenvalue weighted by Gasteiger charge is -2.31. The van der Waals surface area contributed by atoms with Gasteiger partial charge in [-0.15, -0.1) is 11.8 Å². The van der Waals surface area contributed by atoms with Gasteiger partial charge in [-0.2, -0.15) is 4.31 Å². The van der Waals surface area contributed by atoms with Crippen LogP contribution in [0.4, 0.5) is 0 Å². The minimum atomic E-state index is -3.72. The molecule has 1 atom stereocenters. The Morgan fingerprint density at radius 3 is 2.69 bits per heavy atom. The topological polar surface area (TPSA) is 80.5 Å². The van der Waals surface area contributed by atoms with Crippen LogP contribution in [0.3, 0.4) is 0 Å². The van der Waals surface area contributed by atoms with E-state index in [9.17, 15) is 13.2 Å². The van der Waals surface area contributed by atoms with Crippen LogP contribution in [0.2, 0.25) is 0 Å². The number of benzene rings is 1. The van der Waals surface area contributed by atoms with E-state index in [1.807, 2.05) is 30.5 Å². The number of sulfonamides is 1. The molecule has 0 spiro atoms. The highest BCUT2D eigenvalue weighted by atomic mass is 32.2. The molecule has 1 aliphatic rings. The smallest absolute Gasteiger partial charge is 0.248 e. The largest absolute Gasteiger partial charge is 0.360 e. The number of Topliss-reactive ketones (excluding diaryl/α,β-unsaturated/α-hetero) is 1. The summed E-state index contributed by atoms with van der Waals surface area (Å²) in [5, 5.41) is 3.75. The molecule has 0 radical (unpaired) electrons. The number of nitrogens with zero attached hydrogens (tertiary/aromatic N) is 2. The maximum absolute atomic E-state index is 13.0. The number of thioether (sulfide) groups is 1. The lowest BCUT2D eigenvalue weighted by Crippen LogP contribution is -2.42. The molecule has 3 rings (SSSR count). The molecular formula is C18H22N2O4S2. The van der Waals surface area contributed by atoms with Crippen molar-refractivity contribution in [3.63, 3.8) is 0 Å². The van der Waals surface area contributed by atoms with Gasteiger partial charge in [0.2, 0.25) is 10.0 Å². The number of piperidine rings is 1. The van der Waals surface area contributed by atoms with Crippen LogP contribution in [0, 0.1) is 19.8 Å². The third-order valence-electron chi connectivity index (χ3n) is 4.69. The molecule has 0 amide bonds. The Hall–Kier alpha value is -1.64. The van der Waals surface area contributed by atoms with Gasteiger partial charge in [-0.05, 0) is 39.0 Å². The summed E-state index contributed by atoms with van der Waals surface area (Å²) in [6.07, 6.45) is 3.27. The zero-order valence-electron chi connectivity index (χ0n) is 15.1. The van der Waals surface area contributed by atoms with Gasteiger partial charge in [-0.25, -0.2) is 8.42 Å². The van der Waals surface area contributed by atoms with E-state index in [1.165, 1.54) is 16.1 Å².